The lowest BCUT2D eigenvalue weighted by Gasteiger charge is -2.18. The van der Waals surface area contributed by atoms with E-state index in [9.17, 15) is 4.21 Å². The van der Waals surface area contributed by atoms with E-state index >= 15 is 0 Å². The standard InChI is InChI=1S/C9H10O3S/c1-13(10)7-2-3-8-9(6-7)12-5-4-11-8/h2-3,6H,4-5H2,1H3. The monoisotopic (exact) mass is 198 g/mol. The number of rotatable bonds is 1. The zero-order chi connectivity index (χ0) is 9.26. The van der Waals surface area contributed by atoms with Crippen LogP contribution in [0.1, 0.15) is 0 Å². The van der Waals surface area contributed by atoms with Crippen molar-refractivity contribution < 1.29 is 13.7 Å². The van der Waals surface area contributed by atoms with Gasteiger partial charge in [-0.3, -0.25) is 4.21 Å². The second kappa shape index (κ2) is 3.38. The van der Waals surface area contributed by atoms with Crippen LogP contribution < -0.4 is 9.47 Å². The van der Waals surface area contributed by atoms with Gasteiger partial charge in [0, 0.05) is 28.0 Å². The molecule has 0 aliphatic carbocycles. The van der Waals surface area contributed by atoms with E-state index in [4.69, 9.17) is 9.47 Å². The molecule has 0 saturated carbocycles. The second-order valence-electron chi connectivity index (χ2n) is 2.76. The third-order valence-electron chi connectivity index (χ3n) is 1.85. The smallest absolute Gasteiger partial charge is 0.162 e. The van der Waals surface area contributed by atoms with E-state index in [0.29, 0.717) is 19.0 Å². The van der Waals surface area contributed by atoms with Gasteiger partial charge in [0.2, 0.25) is 0 Å². The number of hydrogen-bond acceptors (Lipinski definition) is 3. The number of hydrogen-bond donors (Lipinski definition) is 0. The molecule has 4 heteroatoms. The fraction of sp³-hybridized carbons (Fsp3) is 0.333. The van der Waals surface area contributed by atoms with E-state index in [1.807, 2.05) is 0 Å². The molecule has 1 aromatic carbocycles. The predicted molar refractivity (Wildman–Crippen MR) is 49.8 cm³/mol. The van der Waals surface area contributed by atoms with Gasteiger partial charge in [0.05, 0.1) is 0 Å². The van der Waals surface area contributed by atoms with Crippen LogP contribution in [0.4, 0.5) is 0 Å². The average molecular weight is 198 g/mol. The first-order chi connectivity index (χ1) is 6.27. The Labute approximate surface area is 79.1 Å². The maximum atomic E-state index is 11.1. The molecule has 1 aliphatic heterocycles. The first kappa shape index (κ1) is 8.56. The molecular weight excluding hydrogens is 188 g/mol. The van der Waals surface area contributed by atoms with Gasteiger partial charge in [0.1, 0.15) is 13.2 Å². The Bertz CT molecular complexity index is 349. The lowest BCUT2D eigenvalue weighted by molar-refractivity contribution is 0.171. The highest BCUT2D eigenvalue weighted by atomic mass is 32.2. The minimum atomic E-state index is -0.963. The van der Waals surface area contributed by atoms with E-state index < -0.39 is 10.8 Å². The Kier molecular flexibility index (Phi) is 2.22. The number of benzene rings is 1. The van der Waals surface area contributed by atoms with E-state index in [2.05, 4.69) is 0 Å². The van der Waals surface area contributed by atoms with Gasteiger partial charge in [-0.2, -0.15) is 0 Å². The van der Waals surface area contributed by atoms with Crippen molar-refractivity contribution in [1.82, 2.24) is 0 Å². The molecule has 1 aliphatic rings. The summed E-state index contributed by atoms with van der Waals surface area (Å²) in [6.45, 7) is 1.15. The molecule has 0 amide bonds. The summed E-state index contributed by atoms with van der Waals surface area (Å²) < 4.78 is 21.8. The van der Waals surface area contributed by atoms with Gasteiger partial charge in [0.25, 0.3) is 0 Å². The van der Waals surface area contributed by atoms with Crippen LogP contribution in [-0.2, 0) is 10.8 Å². The topological polar surface area (TPSA) is 35.5 Å². The fourth-order valence-corrected chi connectivity index (χ4v) is 1.74. The highest BCUT2D eigenvalue weighted by Crippen LogP contribution is 2.31. The van der Waals surface area contributed by atoms with E-state index in [0.717, 1.165) is 10.6 Å². The van der Waals surface area contributed by atoms with Gasteiger partial charge in [-0.15, -0.1) is 0 Å². The maximum absolute atomic E-state index is 11.1. The van der Waals surface area contributed by atoms with E-state index in [1.165, 1.54) is 0 Å². The Morgan fingerprint density at radius 1 is 1.23 bits per heavy atom. The number of fused-ring (bicyclic) bond motifs is 1. The number of ether oxygens (including phenoxy) is 2. The summed E-state index contributed by atoms with van der Waals surface area (Å²) in [4.78, 5) is 0.768. The molecule has 0 bridgehead atoms. The van der Waals surface area contributed by atoms with Crippen molar-refractivity contribution in [3.8, 4) is 11.5 Å². The summed E-state index contributed by atoms with van der Waals surface area (Å²) in [5.74, 6) is 1.43. The minimum Gasteiger partial charge on any atom is -0.486 e. The van der Waals surface area contributed by atoms with Crippen LogP contribution in [0.3, 0.4) is 0 Å². The molecule has 1 aromatic rings. The molecule has 13 heavy (non-hydrogen) atoms. The average Bonchev–Trinajstić information content (AvgIpc) is 2.17. The summed E-state index contributed by atoms with van der Waals surface area (Å²) in [5.41, 5.74) is 0. The molecule has 0 saturated heterocycles. The van der Waals surface area contributed by atoms with Crippen molar-refractivity contribution in [2.75, 3.05) is 19.5 Å². The maximum Gasteiger partial charge on any atom is 0.162 e. The van der Waals surface area contributed by atoms with Crippen molar-refractivity contribution in [2.45, 2.75) is 4.90 Å². The van der Waals surface area contributed by atoms with Crippen molar-refractivity contribution in [3.63, 3.8) is 0 Å². The van der Waals surface area contributed by atoms with Crippen LogP contribution in [0.5, 0.6) is 11.5 Å². The van der Waals surface area contributed by atoms with Gasteiger partial charge in [-0.05, 0) is 12.1 Å². The minimum absolute atomic E-state index is 0.562. The molecule has 3 nitrogen and oxygen atoms in total. The fourth-order valence-electron chi connectivity index (χ4n) is 1.20. The quantitative estimate of drug-likeness (QED) is 0.680. The lowest BCUT2D eigenvalue weighted by Crippen LogP contribution is -2.15. The van der Waals surface area contributed by atoms with Crippen LogP contribution in [-0.4, -0.2) is 23.7 Å². The molecule has 0 radical (unpaired) electrons. The summed E-state index contributed by atoms with van der Waals surface area (Å²) in [6, 6.07) is 5.36. The van der Waals surface area contributed by atoms with Crippen molar-refractivity contribution in [2.24, 2.45) is 0 Å². The third kappa shape index (κ3) is 1.67. The van der Waals surface area contributed by atoms with E-state index in [1.54, 1.807) is 24.5 Å². The molecule has 0 spiro atoms. The third-order valence-corrected chi connectivity index (χ3v) is 2.76. The zero-order valence-corrected chi connectivity index (χ0v) is 8.10. The first-order valence-corrected chi connectivity index (χ1v) is 5.56. The van der Waals surface area contributed by atoms with Gasteiger partial charge in [0.15, 0.2) is 11.5 Å². The first-order valence-electron chi connectivity index (χ1n) is 4.00. The zero-order valence-electron chi connectivity index (χ0n) is 7.28. The Balaban J connectivity index is 2.40. The Hall–Kier alpha value is -1.03. The van der Waals surface area contributed by atoms with Gasteiger partial charge < -0.3 is 9.47 Å². The summed E-state index contributed by atoms with van der Waals surface area (Å²) in [6.07, 6.45) is 1.64. The van der Waals surface area contributed by atoms with Crippen LogP contribution in [0.15, 0.2) is 23.1 Å². The normalized spacial score (nSPS) is 16.7. The van der Waals surface area contributed by atoms with Gasteiger partial charge in [-0.25, -0.2) is 0 Å². The molecular formula is C9H10O3S. The van der Waals surface area contributed by atoms with Crippen molar-refractivity contribution in [1.29, 1.82) is 0 Å². The molecule has 1 atom stereocenters. The summed E-state index contributed by atoms with van der Waals surface area (Å²) in [7, 11) is -0.963. The van der Waals surface area contributed by atoms with Crippen LogP contribution in [0.25, 0.3) is 0 Å². The second-order valence-corrected chi connectivity index (χ2v) is 4.14. The molecule has 0 N–H and O–H groups in total. The highest BCUT2D eigenvalue weighted by molar-refractivity contribution is 7.84. The molecule has 2 rings (SSSR count). The molecule has 0 fully saturated rings. The Morgan fingerprint density at radius 3 is 2.62 bits per heavy atom. The van der Waals surface area contributed by atoms with Gasteiger partial charge in [-0.1, -0.05) is 0 Å². The largest absolute Gasteiger partial charge is 0.486 e. The van der Waals surface area contributed by atoms with Crippen LogP contribution in [0.2, 0.25) is 0 Å². The molecule has 1 unspecified atom stereocenters. The van der Waals surface area contributed by atoms with Crippen LogP contribution in [0, 0.1) is 0 Å². The molecule has 0 aromatic heterocycles. The molecule has 70 valence electrons. The van der Waals surface area contributed by atoms with Crippen molar-refractivity contribution >= 4 is 10.8 Å². The predicted octanol–water partition coefficient (Wildman–Crippen LogP) is 1.20. The van der Waals surface area contributed by atoms with Crippen molar-refractivity contribution in [3.05, 3.63) is 18.2 Å². The van der Waals surface area contributed by atoms with Gasteiger partial charge >= 0.3 is 0 Å². The SMILES string of the molecule is CS(=O)c1ccc2c(c1)OCCO2. The van der Waals surface area contributed by atoms with Crippen LogP contribution >= 0.6 is 0 Å². The molecule has 1 heterocycles. The highest BCUT2D eigenvalue weighted by Gasteiger charge is 2.12. The summed E-state index contributed by atoms with van der Waals surface area (Å²) >= 11 is 0. The summed E-state index contributed by atoms with van der Waals surface area (Å²) in [5, 5.41) is 0. The lowest BCUT2D eigenvalue weighted by atomic mass is 10.3. The van der Waals surface area contributed by atoms with E-state index in [-0.39, 0.29) is 0 Å². The Morgan fingerprint density at radius 2 is 1.92 bits per heavy atom.